The summed E-state index contributed by atoms with van der Waals surface area (Å²) in [5.41, 5.74) is 2.46. The first-order chi connectivity index (χ1) is 11.4. The lowest BCUT2D eigenvalue weighted by Crippen LogP contribution is -2.34. The third kappa shape index (κ3) is 5.36. The fourth-order valence-electron chi connectivity index (χ4n) is 3.12. The zero-order chi connectivity index (χ0) is 17.6. The van der Waals surface area contributed by atoms with Crippen LogP contribution >= 0.6 is 0 Å². The summed E-state index contributed by atoms with van der Waals surface area (Å²) in [5.74, 6) is 0.861. The zero-order valence-corrected chi connectivity index (χ0v) is 15.1. The zero-order valence-electron chi connectivity index (χ0n) is 15.1. The molecule has 2 rings (SSSR count). The van der Waals surface area contributed by atoms with Gasteiger partial charge in [0, 0.05) is 6.54 Å². The smallest absolute Gasteiger partial charge is 0.118 e. The highest BCUT2D eigenvalue weighted by atomic mass is 16.5. The molecule has 2 unspecified atom stereocenters. The Morgan fingerprint density at radius 1 is 1.00 bits per heavy atom. The predicted molar refractivity (Wildman–Crippen MR) is 99.4 cm³/mol. The highest BCUT2D eigenvalue weighted by Crippen LogP contribution is 2.27. The van der Waals surface area contributed by atoms with Gasteiger partial charge in [-0.25, -0.2) is 0 Å². The minimum atomic E-state index is -0.294. The van der Waals surface area contributed by atoms with Gasteiger partial charge in [0.2, 0.25) is 0 Å². The van der Waals surface area contributed by atoms with Gasteiger partial charge in [0.25, 0.3) is 0 Å². The highest BCUT2D eigenvalue weighted by Gasteiger charge is 2.23. The molecule has 0 radical (unpaired) electrons. The van der Waals surface area contributed by atoms with E-state index >= 15 is 0 Å². The fourth-order valence-corrected chi connectivity index (χ4v) is 3.12. The van der Waals surface area contributed by atoms with E-state index in [1.54, 1.807) is 7.11 Å². The van der Waals surface area contributed by atoms with Crippen molar-refractivity contribution in [3.05, 3.63) is 65.7 Å². The normalized spacial score (nSPS) is 14.2. The number of aliphatic hydroxyl groups excluding tert-OH is 1. The van der Waals surface area contributed by atoms with Crippen molar-refractivity contribution in [2.45, 2.75) is 39.3 Å². The second-order valence-corrected chi connectivity index (χ2v) is 7.22. The molecule has 130 valence electrons. The highest BCUT2D eigenvalue weighted by molar-refractivity contribution is 5.35. The minimum absolute atomic E-state index is 0.0215. The number of ether oxygens (including phenoxy) is 1. The number of nitrogens with one attached hydrogen (secondary N) is 1. The predicted octanol–water partition coefficient (Wildman–Crippen LogP) is 4.17. The average Bonchev–Trinajstić information content (AvgIpc) is 2.55. The number of hydrogen-bond acceptors (Lipinski definition) is 3. The van der Waals surface area contributed by atoms with Crippen LogP contribution in [0.1, 0.15) is 44.4 Å². The van der Waals surface area contributed by atoms with Crippen molar-refractivity contribution >= 4 is 0 Å². The van der Waals surface area contributed by atoms with Gasteiger partial charge < -0.3 is 15.2 Å². The van der Waals surface area contributed by atoms with E-state index in [-0.39, 0.29) is 17.6 Å². The first-order valence-corrected chi connectivity index (χ1v) is 8.51. The molecule has 0 fully saturated rings. The second-order valence-electron chi connectivity index (χ2n) is 7.22. The van der Waals surface area contributed by atoms with Gasteiger partial charge in [-0.3, -0.25) is 0 Å². The molecule has 0 bridgehead atoms. The van der Waals surface area contributed by atoms with Gasteiger partial charge in [0.1, 0.15) is 5.75 Å². The average molecular weight is 327 g/mol. The van der Waals surface area contributed by atoms with Crippen LogP contribution in [0.5, 0.6) is 5.75 Å². The third-order valence-corrected chi connectivity index (χ3v) is 4.21. The first-order valence-electron chi connectivity index (χ1n) is 8.51. The second kappa shape index (κ2) is 8.32. The summed E-state index contributed by atoms with van der Waals surface area (Å²) in [6, 6.07) is 18.8. The maximum atomic E-state index is 9.70. The lowest BCUT2D eigenvalue weighted by atomic mass is 9.86. The lowest BCUT2D eigenvalue weighted by molar-refractivity contribution is 0.127. The van der Waals surface area contributed by atoms with E-state index in [9.17, 15) is 5.11 Å². The van der Waals surface area contributed by atoms with E-state index in [1.165, 1.54) is 11.1 Å². The lowest BCUT2D eigenvalue weighted by Gasteiger charge is -2.30. The molecule has 2 aromatic carbocycles. The Balaban J connectivity index is 2.20. The van der Waals surface area contributed by atoms with Gasteiger partial charge in [-0.05, 0) is 42.0 Å². The molecule has 0 aliphatic carbocycles. The minimum Gasteiger partial charge on any atom is -0.497 e. The molecule has 0 saturated carbocycles. The Kier molecular flexibility index (Phi) is 6.41. The molecular weight excluding hydrogens is 298 g/mol. The Labute approximate surface area is 145 Å². The SMILES string of the molecule is COc1ccc(C(NCC(C)(C)CC(C)O)c2ccccc2)cc1. The van der Waals surface area contributed by atoms with Crippen molar-refractivity contribution in [1.82, 2.24) is 5.32 Å². The molecule has 0 aromatic heterocycles. The maximum Gasteiger partial charge on any atom is 0.118 e. The monoisotopic (exact) mass is 327 g/mol. The molecule has 2 atom stereocenters. The Hall–Kier alpha value is -1.84. The van der Waals surface area contributed by atoms with E-state index in [1.807, 2.05) is 25.1 Å². The molecule has 24 heavy (non-hydrogen) atoms. The fraction of sp³-hybridized carbons (Fsp3) is 0.429. The molecule has 3 heteroatoms. The molecule has 3 nitrogen and oxygen atoms in total. The van der Waals surface area contributed by atoms with Crippen LogP contribution in [-0.4, -0.2) is 24.9 Å². The Morgan fingerprint density at radius 2 is 1.58 bits per heavy atom. The van der Waals surface area contributed by atoms with E-state index in [0.717, 1.165) is 18.7 Å². The number of benzene rings is 2. The summed E-state index contributed by atoms with van der Waals surface area (Å²) in [6.45, 7) is 7.04. The maximum absolute atomic E-state index is 9.70. The Morgan fingerprint density at radius 3 is 2.12 bits per heavy atom. The third-order valence-electron chi connectivity index (χ3n) is 4.21. The van der Waals surface area contributed by atoms with Gasteiger partial charge in [-0.1, -0.05) is 56.3 Å². The number of methoxy groups -OCH3 is 1. The summed E-state index contributed by atoms with van der Waals surface area (Å²) in [5, 5.41) is 13.4. The molecule has 2 N–H and O–H groups in total. The van der Waals surface area contributed by atoms with Crippen molar-refractivity contribution in [2.75, 3.05) is 13.7 Å². The van der Waals surface area contributed by atoms with Gasteiger partial charge in [0.15, 0.2) is 0 Å². The van der Waals surface area contributed by atoms with Crippen LogP contribution < -0.4 is 10.1 Å². The van der Waals surface area contributed by atoms with Crippen LogP contribution in [0, 0.1) is 5.41 Å². The number of rotatable bonds is 8. The van der Waals surface area contributed by atoms with Crippen molar-refractivity contribution in [2.24, 2.45) is 5.41 Å². The molecular formula is C21H29NO2. The van der Waals surface area contributed by atoms with Crippen molar-refractivity contribution < 1.29 is 9.84 Å². The largest absolute Gasteiger partial charge is 0.497 e. The van der Waals surface area contributed by atoms with Crippen LogP contribution in [0.3, 0.4) is 0 Å². The molecule has 0 amide bonds. The molecule has 0 aliphatic heterocycles. The van der Waals surface area contributed by atoms with Gasteiger partial charge in [-0.15, -0.1) is 0 Å². The van der Waals surface area contributed by atoms with Crippen molar-refractivity contribution in [3.8, 4) is 5.75 Å². The molecule has 2 aromatic rings. The van der Waals surface area contributed by atoms with Crippen molar-refractivity contribution in [3.63, 3.8) is 0 Å². The van der Waals surface area contributed by atoms with E-state index in [4.69, 9.17) is 4.74 Å². The first kappa shape index (κ1) is 18.5. The van der Waals surface area contributed by atoms with Gasteiger partial charge in [0.05, 0.1) is 19.3 Å². The topological polar surface area (TPSA) is 41.5 Å². The van der Waals surface area contributed by atoms with Crippen LogP contribution in [0.25, 0.3) is 0 Å². The van der Waals surface area contributed by atoms with Crippen LogP contribution in [-0.2, 0) is 0 Å². The quantitative estimate of drug-likeness (QED) is 0.764. The Bertz CT molecular complexity index is 605. The number of aliphatic hydroxyl groups is 1. The van der Waals surface area contributed by atoms with Crippen LogP contribution in [0.15, 0.2) is 54.6 Å². The van der Waals surface area contributed by atoms with E-state index < -0.39 is 0 Å². The summed E-state index contributed by atoms with van der Waals surface area (Å²) in [4.78, 5) is 0. The summed E-state index contributed by atoms with van der Waals surface area (Å²) >= 11 is 0. The van der Waals surface area contributed by atoms with Crippen LogP contribution in [0.2, 0.25) is 0 Å². The molecule has 0 saturated heterocycles. The summed E-state index contributed by atoms with van der Waals surface area (Å²) < 4.78 is 5.26. The summed E-state index contributed by atoms with van der Waals surface area (Å²) in [7, 11) is 1.68. The van der Waals surface area contributed by atoms with Crippen molar-refractivity contribution in [1.29, 1.82) is 0 Å². The van der Waals surface area contributed by atoms with E-state index in [0.29, 0.717) is 0 Å². The molecule has 0 spiro atoms. The van der Waals surface area contributed by atoms with Crippen LogP contribution in [0.4, 0.5) is 0 Å². The number of hydrogen-bond donors (Lipinski definition) is 2. The van der Waals surface area contributed by atoms with Gasteiger partial charge in [-0.2, -0.15) is 0 Å². The van der Waals surface area contributed by atoms with E-state index in [2.05, 4.69) is 55.6 Å². The standard InChI is InChI=1S/C21H29NO2/c1-16(23)14-21(2,3)15-22-20(17-8-6-5-7-9-17)18-10-12-19(24-4)13-11-18/h5-13,16,20,22-23H,14-15H2,1-4H3. The van der Waals surface area contributed by atoms with Gasteiger partial charge >= 0.3 is 0 Å². The molecule has 0 aliphatic rings. The summed E-state index contributed by atoms with van der Waals surface area (Å²) in [6.07, 6.45) is 0.474. The molecule has 0 heterocycles.